The number of methoxy groups -OCH3 is 1. The Balaban J connectivity index is 1.50. The van der Waals surface area contributed by atoms with Crippen LogP contribution in [0.4, 0.5) is 0 Å². The predicted octanol–water partition coefficient (Wildman–Crippen LogP) is 5.06. The van der Waals surface area contributed by atoms with Crippen LogP contribution in [0.2, 0.25) is 0 Å². The van der Waals surface area contributed by atoms with E-state index in [0.29, 0.717) is 0 Å². The molecule has 140 valence electrons. The van der Waals surface area contributed by atoms with E-state index in [2.05, 4.69) is 46.3 Å². The molecule has 2 aromatic carbocycles. The third-order valence-corrected chi connectivity index (χ3v) is 5.53. The highest BCUT2D eigenvalue weighted by Gasteiger charge is 2.19. The highest BCUT2D eigenvalue weighted by Crippen LogP contribution is 2.36. The van der Waals surface area contributed by atoms with Gasteiger partial charge in [0.1, 0.15) is 5.76 Å². The van der Waals surface area contributed by atoms with E-state index in [9.17, 15) is 0 Å². The van der Waals surface area contributed by atoms with Crippen molar-refractivity contribution < 1.29 is 9.15 Å². The lowest BCUT2D eigenvalue weighted by molar-refractivity contribution is 0.246. The zero-order chi connectivity index (χ0) is 18.9. The minimum Gasteiger partial charge on any atom is -0.493 e. The Morgan fingerprint density at radius 2 is 1.86 bits per heavy atom. The van der Waals surface area contributed by atoms with E-state index in [1.54, 1.807) is 19.5 Å². The molecule has 0 radical (unpaired) electrons. The summed E-state index contributed by atoms with van der Waals surface area (Å²) in [6.45, 7) is 2.95. The topological polar surface area (TPSA) is 38.5 Å². The molecular weight excluding hydrogens is 348 g/mol. The van der Waals surface area contributed by atoms with Crippen LogP contribution >= 0.6 is 0 Å². The van der Waals surface area contributed by atoms with Gasteiger partial charge in [0.25, 0.3) is 0 Å². The summed E-state index contributed by atoms with van der Waals surface area (Å²) in [6.07, 6.45) is 4.67. The van der Waals surface area contributed by atoms with Crippen molar-refractivity contribution in [2.24, 2.45) is 0 Å². The van der Waals surface area contributed by atoms with Gasteiger partial charge in [-0.1, -0.05) is 30.3 Å². The molecule has 0 spiro atoms. The van der Waals surface area contributed by atoms with Crippen molar-refractivity contribution >= 4 is 11.0 Å². The fourth-order valence-electron chi connectivity index (χ4n) is 4.04. The first-order valence-electron chi connectivity index (χ1n) is 9.61. The zero-order valence-corrected chi connectivity index (χ0v) is 15.9. The van der Waals surface area contributed by atoms with Gasteiger partial charge in [0.2, 0.25) is 0 Å². The summed E-state index contributed by atoms with van der Waals surface area (Å²) in [5.41, 5.74) is 6.00. The van der Waals surface area contributed by atoms with Crippen LogP contribution in [-0.2, 0) is 19.5 Å². The van der Waals surface area contributed by atoms with Gasteiger partial charge < -0.3 is 9.15 Å². The van der Waals surface area contributed by atoms with Gasteiger partial charge in [-0.15, -0.1) is 0 Å². The number of nitrogens with zero attached hydrogens (tertiary/aromatic N) is 2. The Kier molecular flexibility index (Phi) is 4.34. The molecule has 0 bridgehead atoms. The highest BCUT2D eigenvalue weighted by atomic mass is 16.5. The molecular formula is C24H22N2O2. The molecule has 0 amide bonds. The number of benzene rings is 2. The zero-order valence-electron chi connectivity index (χ0n) is 15.9. The molecule has 28 heavy (non-hydrogen) atoms. The van der Waals surface area contributed by atoms with E-state index in [-0.39, 0.29) is 0 Å². The van der Waals surface area contributed by atoms with Crippen LogP contribution in [0.25, 0.3) is 22.3 Å². The maximum absolute atomic E-state index is 6.19. The number of hydrogen-bond acceptors (Lipinski definition) is 4. The molecule has 1 aliphatic rings. The van der Waals surface area contributed by atoms with Crippen LogP contribution in [0.1, 0.15) is 16.7 Å². The van der Waals surface area contributed by atoms with E-state index >= 15 is 0 Å². The van der Waals surface area contributed by atoms with Crippen molar-refractivity contribution in [3.05, 3.63) is 83.7 Å². The highest BCUT2D eigenvalue weighted by molar-refractivity contribution is 5.90. The third kappa shape index (κ3) is 3.06. The fraction of sp³-hybridized carbons (Fsp3) is 0.208. The summed E-state index contributed by atoms with van der Waals surface area (Å²) in [5, 5.41) is 1.12. The molecule has 0 N–H and O–H groups in total. The second-order valence-electron chi connectivity index (χ2n) is 7.25. The Bertz CT molecular complexity index is 1120. The molecule has 3 heterocycles. The summed E-state index contributed by atoms with van der Waals surface area (Å²) in [7, 11) is 1.69. The van der Waals surface area contributed by atoms with Gasteiger partial charge in [0.15, 0.2) is 11.3 Å². The summed E-state index contributed by atoms with van der Waals surface area (Å²) >= 11 is 0. The van der Waals surface area contributed by atoms with Crippen LogP contribution in [0.3, 0.4) is 0 Å². The first kappa shape index (κ1) is 17.0. The van der Waals surface area contributed by atoms with Crippen molar-refractivity contribution in [1.29, 1.82) is 0 Å². The third-order valence-electron chi connectivity index (χ3n) is 5.53. The number of rotatable bonds is 4. The number of ether oxygens (including phenoxy) is 1. The molecule has 0 saturated carbocycles. The minimum atomic E-state index is 0.767. The number of hydrogen-bond donors (Lipinski definition) is 0. The first-order chi connectivity index (χ1) is 13.8. The normalized spacial score (nSPS) is 14.2. The molecule has 0 fully saturated rings. The van der Waals surface area contributed by atoms with E-state index < -0.39 is 0 Å². The second kappa shape index (κ2) is 7.13. The van der Waals surface area contributed by atoms with Crippen LogP contribution in [-0.4, -0.2) is 23.5 Å². The average Bonchev–Trinajstić information content (AvgIpc) is 3.21. The van der Waals surface area contributed by atoms with Crippen molar-refractivity contribution in [1.82, 2.24) is 9.88 Å². The first-order valence-corrected chi connectivity index (χ1v) is 9.61. The predicted molar refractivity (Wildman–Crippen MR) is 110 cm³/mol. The van der Waals surface area contributed by atoms with Crippen LogP contribution in [0, 0.1) is 0 Å². The molecule has 5 rings (SSSR count). The number of fused-ring (bicyclic) bond motifs is 2. The van der Waals surface area contributed by atoms with Crippen LogP contribution in [0.5, 0.6) is 5.75 Å². The van der Waals surface area contributed by atoms with E-state index in [1.165, 1.54) is 16.7 Å². The van der Waals surface area contributed by atoms with Gasteiger partial charge in [0, 0.05) is 43.0 Å². The molecule has 4 nitrogen and oxygen atoms in total. The van der Waals surface area contributed by atoms with Gasteiger partial charge in [-0.2, -0.15) is 0 Å². The molecule has 4 heteroatoms. The summed E-state index contributed by atoms with van der Waals surface area (Å²) < 4.78 is 11.7. The van der Waals surface area contributed by atoms with Crippen molar-refractivity contribution in [2.75, 3.05) is 13.7 Å². The number of pyridine rings is 1. The fourth-order valence-corrected chi connectivity index (χ4v) is 4.04. The molecule has 2 aromatic heterocycles. The minimum absolute atomic E-state index is 0.767. The maximum atomic E-state index is 6.19. The lowest BCUT2D eigenvalue weighted by Gasteiger charge is -2.29. The summed E-state index contributed by atoms with van der Waals surface area (Å²) in [6, 6.07) is 19.0. The molecule has 0 aliphatic carbocycles. The Labute approximate surface area is 164 Å². The lowest BCUT2D eigenvalue weighted by atomic mass is 9.99. The maximum Gasteiger partial charge on any atom is 0.176 e. The number of furan rings is 1. The Morgan fingerprint density at radius 1 is 1.04 bits per heavy atom. The van der Waals surface area contributed by atoms with Crippen LogP contribution < -0.4 is 4.74 Å². The molecule has 0 atom stereocenters. The van der Waals surface area contributed by atoms with Crippen molar-refractivity contribution in [3.63, 3.8) is 0 Å². The van der Waals surface area contributed by atoms with Crippen molar-refractivity contribution in [2.45, 2.75) is 19.5 Å². The largest absolute Gasteiger partial charge is 0.493 e. The summed E-state index contributed by atoms with van der Waals surface area (Å²) in [5.74, 6) is 1.61. The summed E-state index contributed by atoms with van der Waals surface area (Å²) in [4.78, 5) is 6.60. The molecule has 1 aliphatic heterocycles. The Hall–Kier alpha value is -3.11. The molecule has 4 aromatic rings. The van der Waals surface area contributed by atoms with Crippen LogP contribution in [0.15, 0.2) is 71.4 Å². The Morgan fingerprint density at radius 3 is 2.68 bits per heavy atom. The van der Waals surface area contributed by atoms with E-state index in [1.807, 2.05) is 18.2 Å². The smallest absolute Gasteiger partial charge is 0.176 e. The van der Waals surface area contributed by atoms with Gasteiger partial charge >= 0.3 is 0 Å². The average molecular weight is 370 g/mol. The number of aromatic nitrogens is 1. The SMILES string of the molecule is COc1ccc(CN2CCc3ccccc3C2)c2cc(-c3ccncc3)oc12. The van der Waals surface area contributed by atoms with Gasteiger partial charge in [-0.25, -0.2) is 0 Å². The van der Waals surface area contributed by atoms with Gasteiger partial charge in [-0.3, -0.25) is 9.88 Å². The standard InChI is InChI=1S/C24H22N2O2/c1-27-22-7-6-20(16-26-13-10-17-4-2-3-5-19(17)15-26)21-14-23(28-24(21)22)18-8-11-25-12-9-18/h2-9,11-12,14H,10,13,15-16H2,1H3. The van der Waals surface area contributed by atoms with Gasteiger partial charge in [-0.05, 0) is 47.4 Å². The van der Waals surface area contributed by atoms with E-state index in [4.69, 9.17) is 9.15 Å². The van der Waals surface area contributed by atoms with Gasteiger partial charge in [0.05, 0.1) is 7.11 Å². The molecule has 0 unspecified atom stereocenters. The van der Waals surface area contributed by atoms with Crippen molar-refractivity contribution in [3.8, 4) is 17.1 Å². The quantitative estimate of drug-likeness (QED) is 0.503. The molecule has 0 saturated heterocycles. The second-order valence-corrected chi connectivity index (χ2v) is 7.25. The van der Waals surface area contributed by atoms with E-state index in [0.717, 1.165) is 54.1 Å². The monoisotopic (exact) mass is 370 g/mol. The lowest BCUT2D eigenvalue weighted by Crippen LogP contribution is -2.30.